The zero-order chi connectivity index (χ0) is 18.8. The molecule has 0 aliphatic carbocycles. The topological polar surface area (TPSA) is 32.7 Å². The molecule has 1 atom stereocenters. The molecule has 4 heteroatoms. The van der Waals surface area contributed by atoms with Crippen LogP contribution in [0, 0.1) is 0 Å². The highest BCUT2D eigenvalue weighted by atomic mass is 32.1. The van der Waals surface area contributed by atoms with Crippen molar-refractivity contribution in [1.82, 2.24) is 4.90 Å². The van der Waals surface area contributed by atoms with Crippen LogP contribution in [0.25, 0.3) is 0 Å². The molecule has 1 saturated heterocycles. The second kappa shape index (κ2) is 7.71. The van der Waals surface area contributed by atoms with Crippen LogP contribution >= 0.6 is 11.3 Å². The lowest BCUT2D eigenvalue weighted by Gasteiger charge is -2.41. The molecule has 0 saturated carbocycles. The fourth-order valence-electron chi connectivity index (χ4n) is 4.04. The van der Waals surface area contributed by atoms with Crippen molar-refractivity contribution >= 4 is 11.3 Å². The van der Waals surface area contributed by atoms with Crippen molar-refractivity contribution in [3.05, 3.63) is 52.2 Å². The molecule has 3 rings (SSSR count). The van der Waals surface area contributed by atoms with Gasteiger partial charge in [-0.3, -0.25) is 4.90 Å². The smallest absolute Gasteiger partial charge is 0.122 e. The van der Waals surface area contributed by atoms with Gasteiger partial charge in [-0.2, -0.15) is 0 Å². The molecule has 1 aromatic carbocycles. The number of likely N-dealkylation sites (tertiary alicyclic amines) is 1. The van der Waals surface area contributed by atoms with Gasteiger partial charge >= 0.3 is 0 Å². The fraction of sp³-hybridized carbons (Fsp3) is 0.545. The van der Waals surface area contributed by atoms with Crippen LogP contribution in [0.15, 0.2) is 41.8 Å². The number of thiophene rings is 1. The molecule has 26 heavy (non-hydrogen) atoms. The molecule has 0 amide bonds. The van der Waals surface area contributed by atoms with Crippen LogP contribution in [0.4, 0.5) is 0 Å². The van der Waals surface area contributed by atoms with E-state index in [2.05, 4.69) is 56.2 Å². The van der Waals surface area contributed by atoms with Crippen LogP contribution in [0.2, 0.25) is 0 Å². The standard InChI is InChI=1S/C22H31NO2S/c1-21(2)11-12-22(3,4)23(21)15-18(24)16-25-20-10-6-5-8-17(20)14-19-9-7-13-26-19/h5-10,13,18,24H,11-12,14-16H2,1-4H3. The minimum Gasteiger partial charge on any atom is -0.491 e. The first kappa shape index (κ1) is 19.4. The van der Waals surface area contributed by atoms with Gasteiger partial charge in [0.25, 0.3) is 0 Å². The lowest BCUT2D eigenvalue weighted by molar-refractivity contribution is 0.00520. The van der Waals surface area contributed by atoms with Crippen molar-refractivity contribution in [1.29, 1.82) is 0 Å². The van der Waals surface area contributed by atoms with E-state index < -0.39 is 6.10 Å². The molecule has 0 radical (unpaired) electrons. The Labute approximate surface area is 161 Å². The summed E-state index contributed by atoms with van der Waals surface area (Å²) in [6, 6.07) is 12.4. The van der Waals surface area contributed by atoms with Gasteiger partial charge in [-0.25, -0.2) is 0 Å². The Kier molecular flexibility index (Phi) is 5.75. The number of nitrogens with zero attached hydrogens (tertiary/aromatic N) is 1. The van der Waals surface area contributed by atoms with Crippen LogP contribution in [0.3, 0.4) is 0 Å². The number of aliphatic hydroxyl groups excluding tert-OH is 1. The summed E-state index contributed by atoms with van der Waals surface area (Å²) in [5, 5.41) is 12.7. The fourth-order valence-corrected chi connectivity index (χ4v) is 4.76. The molecule has 142 valence electrons. The van der Waals surface area contributed by atoms with Crippen LogP contribution in [0.5, 0.6) is 5.75 Å². The van der Waals surface area contributed by atoms with Gasteiger partial charge in [0.2, 0.25) is 0 Å². The number of β-amino-alcohol motifs (C(OH)–C–C–N with tert-alkyl or cyclic N) is 1. The summed E-state index contributed by atoms with van der Waals surface area (Å²) in [7, 11) is 0. The first-order chi connectivity index (χ1) is 12.3. The Morgan fingerprint density at radius 3 is 2.42 bits per heavy atom. The van der Waals surface area contributed by atoms with E-state index in [-0.39, 0.29) is 11.1 Å². The highest BCUT2D eigenvalue weighted by Crippen LogP contribution is 2.40. The molecule has 1 aliphatic heterocycles. The molecule has 2 aromatic rings. The highest BCUT2D eigenvalue weighted by Gasteiger charge is 2.44. The van der Waals surface area contributed by atoms with Crippen molar-refractivity contribution in [2.45, 2.75) is 64.1 Å². The van der Waals surface area contributed by atoms with Gasteiger partial charge in [-0.1, -0.05) is 24.3 Å². The monoisotopic (exact) mass is 373 g/mol. The average molecular weight is 374 g/mol. The molecule has 0 bridgehead atoms. The van der Waals surface area contributed by atoms with Crippen molar-refractivity contribution in [2.75, 3.05) is 13.2 Å². The van der Waals surface area contributed by atoms with E-state index >= 15 is 0 Å². The van der Waals surface area contributed by atoms with Crippen molar-refractivity contribution < 1.29 is 9.84 Å². The molecule has 1 aromatic heterocycles. The number of hydrogen-bond donors (Lipinski definition) is 1. The molecule has 1 unspecified atom stereocenters. The maximum atomic E-state index is 10.6. The number of para-hydroxylation sites is 1. The normalized spacial score (nSPS) is 20.2. The molecular formula is C22H31NO2S. The third kappa shape index (κ3) is 4.48. The zero-order valence-corrected chi connectivity index (χ0v) is 17.2. The molecule has 1 fully saturated rings. The Bertz CT molecular complexity index is 693. The molecular weight excluding hydrogens is 342 g/mol. The summed E-state index contributed by atoms with van der Waals surface area (Å²) in [6.07, 6.45) is 2.70. The van der Waals surface area contributed by atoms with Gasteiger partial charge in [0.05, 0.1) is 0 Å². The molecule has 3 nitrogen and oxygen atoms in total. The SMILES string of the molecule is CC1(C)CCC(C)(C)N1CC(O)COc1ccccc1Cc1cccs1. The Hall–Kier alpha value is -1.36. The first-order valence-corrected chi connectivity index (χ1v) is 10.3. The average Bonchev–Trinajstić information content (AvgIpc) is 3.16. The Balaban J connectivity index is 1.61. The number of aliphatic hydroxyl groups is 1. The predicted octanol–water partition coefficient (Wildman–Crippen LogP) is 4.73. The van der Waals surface area contributed by atoms with Crippen molar-refractivity contribution in [3.8, 4) is 5.75 Å². The third-order valence-electron chi connectivity index (χ3n) is 5.55. The first-order valence-electron chi connectivity index (χ1n) is 9.47. The van der Waals surface area contributed by atoms with E-state index in [1.807, 2.05) is 18.2 Å². The van der Waals surface area contributed by atoms with Gasteiger partial charge in [-0.05, 0) is 63.6 Å². The molecule has 2 heterocycles. The van der Waals surface area contributed by atoms with Gasteiger partial charge in [0.1, 0.15) is 18.5 Å². The summed E-state index contributed by atoms with van der Waals surface area (Å²) in [4.78, 5) is 3.76. The van der Waals surface area contributed by atoms with Gasteiger partial charge in [-0.15, -0.1) is 11.3 Å². The number of ether oxygens (including phenoxy) is 1. The second-order valence-electron chi connectivity index (χ2n) is 8.56. The minimum atomic E-state index is -0.499. The van der Waals surface area contributed by atoms with Crippen LogP contribution in [-0.2, 0) is 6.42 Å². The number of benzene rings is 1. The summed E-state index contributed by atoms with van der Waals surface area (Å²) in [6.45, 7) is 10.0. The summed E-state index contributed by atoms with van der Waals surface area (Å²) in [5.41, 5.74) is 1.42. The quantitative estimate of drug-likeness (QED) is 0.761. The van der Waals surface area contributed by atoms with E-state index in [0.29, 0.717) is 13.2 Å². The lowest BCUT2D eigenvalue weighted by atomic mass is 10.0. The third-order valence-corrected chi connectivity index (χ3v) is 6.43. The predicted molar refractivity (Wildman–Crippen MR) is 109 cm³/mol. The van der Waals surface area contributed by atoms with E-state index in [9.17, 15) is 5.11 Å². The maximum Gasteiger partial charge on any atom is 0.122 e. The van der Waals surface area contributed by atoms with Crippen molar-refractivity contribution in [2.24, 2.45) is 0 Å². The summed E-state index contributed by atoms with van der Waals surface area (Å²) >= 11 is 1.76. The maximum absolute atomic E-state index is 10.6. The summed E-state index contributed by atoms with van der Waals surface area (Å²) < 4.78 is 6.02. The van der Waals surface area contributed by atoms with Gasteiger partial charge in [0, 0.05) is 28.9 Å². The van der Waals surface area contributed by atoms with E-state index in [0.717, 1.165) is 25.0 Å². The van der Waals surface area contributed by atoms with Crippen LogP contribution < -0.4 is 4.74 Å². The number of rotatable bonds is 7. The second-order valence-corrected chi connectivity index (χ2v) is 9.60. The number of hydrogen-bond acceptors (Lipinski definition) is 4. The Morgan fingerprint density at radius 2 is 1.77 bits per heavy atom. The van der Waals surface area contributed by atoms with E-state index in [4.69, 9.17) is 4.74 Å². The van der Waals surface area contributed by atoms with Gasteiger partial charge < -0.3 is 9.84 Å². The van der Waals surface area contributed by atoms with E-state index in [1.165, 1.54) is 10.4 Å². The summed E-state index contributed by atoms with van der Waals surface area (Å²) in [5.74, 6) is 0.875. The Morgan fingerprint density at radius 1 is 1.08 bits per heavy atom. The minimum absolute atomic E-state index is 0.127. The lowest BCUT2D eigenvalue weighted by Crippen LogP contribution is -2.52. The highest BCUT2D eigenvalue weighted by molar-refractivity contribution is 7.09. The van der Waals surface area contributed by atoms with E-state index in [1.54, 1.807) is 11.3 Å². The van der Waals surface area contributed by atoms with Crippen LogP contribution in [0.1, 0.15) is 51.0 Å². The van der Waals surface area contributed by atoms with Crippen LogP contribution in [-0.4, -0.2) is 40.3 Å². The molecule has 1 N–H and O–H groups in total. The zero-order valence-electron chi connectivity index (χ0n) is 16.4. The molecule has 0 spiro atoms. The largest absolute Gasteiger partial charge is 0.491 e. The molecule has 1 aliphatic rings. The van der Waals surface area contributed by atoms with Crippen molar-refractivity contribution in [3.63, 3.8) is 0 Å². The van der Waals surface area contributed by atoms with Gasteiger partial charge in [0.15, 0.2) is 0 Å².